The fourth-order valence-corrected chi connectivity index (χ4v) is 4.39. The molecule has 1 aliphatic heterocycles. The Labute approximate surface area is 143 Å². The number of hydrogen-bond acceptors (Lipinski definition) is 4. The number of aromatic nitrogens is 1. The average Bonchev–Trinajstić information content (AvgIpc) is 3.15. The normalized spacial score (nSPS) is 23.4. The topological polar surface area (TPSA) is 70.5 Å². The molecule has 1 amide bonds. The molecule has 2 fully saturated rings. The Morgan fingerprint density at radius 1 is 1.17 bits per heavy atom. The average molecular weight is 342 g/mol. The van der Waals surface area contributed by atoms with Gasteiger partial charge in [-0.3, -0.25) is 9.59 Å². The highest BCUT2D eigenvalue weighted by molar-refractivity contribution is 7.16. The Balaban J connectivity index is 1.52. The Morgan fingerprint density at radius 2 is 1.92 bits per heavy atom. The second kappa shape index (κ2) is 6.02. The van der Waals surface area contributed by atoms with Gasteiger partial charge in [0.15, 0.2) is 0 Å². The molecule has 1 aromatic carbocycles. The summed E-state index contributed by atoms with van der Waals surface area (Å²) in [5, 5.41) is 10.2. The smallest absolute Gasteiger partial charge is 0.308 e. The number of carbonyl (C=O) groups is 2. The van der Waals surface area contributed by atoms with E-state index >= 15 is 0 Å². The molecular weight excluding hydrogens is 324 g/mol. The molecular formula is C18H18N2O3S. The summed E-state index contributed by atoms with van der Waals surface area (Å²) in [5.41, 5.74) is 0.988. The number of amides is 1. The lowest BCUT2D eigenvalue weighted by molar-refractivity contribution is -0.142. The maximum Gasteiger partial charge on any atom is 0.308 e. The van der Waals surface area contributed by atoms with Crippen molar-refractivity contribution >= 4 is 23.2 Å². The van der Waals surface area contributed by atoms with Crippen molar-refractivity contribution in [1.29, 1.82) is 0 Å². The largest absolute Gasteiger partial charge is 0.481 e. The van der Waals surface area contributed by atoms with Crippen LogP contribution in [0.2, 0.25) is 0 Å². The van der Waals surface area contributed by atoms with Gasteiger partial charge in [0.1, 0.15) is 9.88 Å². The molecule has 1 saturated heterocycles. The van der Waals surface area contributed by atoms with Crippen LogP contribution < -0.4 is 0 Å². The molecule has 124 valence electrons. The van der Waals surface area contributed by atoms with Crippen LogP contribution in [0.25, 0.3) is 10.6 Å². The van der Waals surface area contributed by atoms with Crippen molar-refractivity contribution in [3.05, 3.63) is 41.4 Å². The van der Waals surface area contributed by atoms with Crippen molar-refractivity contribution in [3.8, 4) is 10.6 Å². The Morgan fingerprint density at radius 3 is 2.58 bits per heavy atom. The zero-order chi connectivity index (χ0) is 16.7. The monoisotopic (exact) mass is 342 g/mol. The molecule has 0 unspecified atom stereocenters. The quantitative estimate of drug-likeness (QED) is 0.927. The van der Waals surface area contributed by atoms with Crippen LogP contribution >= 0.6 is 11.3 Å². The van der Waals surface area contributed by atoms with E-state index in [1.165, 1.54) is 11.3 Å². The third kappa shape index (κ3) is 2.82. The number of nitrogens with zero attached hydrogens (tertiary/aromatic N) is 2. The molecule has 1 saturated carbocycles. The Bertz CT molecular complexity index is 770. The number of carboxylic acid groups (broad SMARTS) is 1. The molecule has 0 radical (unpaired) electrons. The van der Waals surface area contributed by atoms with Crippen LogP contribution in [0.4, 0.5) is 0 Å². The third-order valence-corrected chi connectivity index (χ3v) is 5.97. The SMILES string of the molecule is O=C(O)[C@H]1CN(C(=O)c2cnc(-c3ccccc3)s2)C[C@@H]1C1CC1. The highest BCUT2D eigenvalue weighted by atomic mass is 32.1. The summed E-state index contributed by atoms with van der Waals surface area (Å²) in [7, 11) is 0. The first kappa shape index (κ1) is 15.3. The lowest BCUT2D eigenvalue weighted by Crippen LogP contribution is -2.29. The van der Waals surface area contributed by atoms with E-state index in [9.17, 15) is 14.7 Å². The molecule has 6 heteroatoms. The number of aliphatic carboxylic acids is 1. The van der Waals surface area contributed by atoms with E-state index in [0.717, 1.165) is 23.4 Å². The molecule has 24 heavy (non-hydrogen) atoms. The number of hydrogen-bond donors (Lipinski definition) is 1. The van der Waals surface area contributed by atoms with Gasteiger partial charge in [0.25, 0.3) is 5.91 Å². The van der Waals surface area contributed by atoms with Gasteiger partial charge < -0.3 is 10.0 Å². The van der Waals surface area contributed by atoms with E-state index in [1.807, 2.05) is 30.3 Å². The van der Waals surface area contributed by atoms with Crippen LogP contribution in [-0.4, -0.2) is 40.0 Å². The number of thiazole rings is 1. The van der Waals surface area contributed by atoms with Gasteiger partial charge in [0.05, 0.1) is 12.1 Å². The van der Waals surface area contributed by atoms with E-state index in [4.69, 9.17) is 0 Å². The lowest BCUT2D eigenvalue weighted by atomic mass is 9.92. The van der Waals surface area contributed by atoms with Crippen molar-refractivity contribution in [1.82, 2.24) is 9.88 Å². The highest BCUT2D eigenvalue weighted by Crippen LogP contribution is 2.44. The van der Waals surface area contributed by atoms with Crippen LogP contribution in [0.15, 0.2) is 36.5 Å². The van der Waals surface area contributed by atoms with Gasteiger partial charge in [0, 0.05) is 18.7 Å². The van der Waals surface area contributed by atoms with Gasteiger partial charge in [-0.1, -0.05) is 30.3 Å². The number of rotatable bonds is 4. The summed E-state index contributed by atoms with van der Waals surface area (Å²) in [6, 6.07) is 9.75. The van der Waals surface area contributed by atoms with Crippen molar-refractivity contribution < 1.29 is 14.7 Å². The maximum atomic E-state index is 12.8. The standard InChI is InChI=1S/C18H18N2O3S/c21-17(15-8-19-16(24-15)12-4-2-1-3-5-12)20-9-13(11-6-7-11)14(10-20)18(22)23/h1-5,8,11,13-14H,6-7,9-10H2,(H,22,23)/t13-,14+/m1/s1. The van der Waals surface area contributed by atoms with Gasteiger partial charge in [-0.25, -0.2) is 4.98 Å². The first-order valence-electron chi connectivity index (χ1n) is 8.17. The molecule has 1 aliphatic carbocycles. The molecule has 5 nitrogen and oxygen atoms in total. The third-order valence-electron chi connectivity index (χ3n) is 4.93. The fourth-order valence-electron chi connectivity index (χ4n) is 3.50. The minimum Gasteiger partial charge on any atom is -0.481 e. The van der Waals surface area contributed by atoms with E-state index in [-0.39, 0.29) is 11.8 Å². The summed E-state index contributed by atoms with van der Waals surface area (Å²) in [4.78, 5) is 30.9. The zero-order valence-electron chi connectivity index (χ0n) is 13.1. The first-order chi connectivity index (χ1) is 11.6. The molecule has 2 aromatic rings. The number of carbonyl (C=O) groups excluding carboxylic acids is 1. The summed E-state index contributed by atoms with van der Waals surface area (Å²) < 4.78 is 0. The molecule has 1 aromatic heterocycles. The number of carboxylic acids is 1. The lowest BCUT2D eigenvalue weighted by Gasteiger charge is -2.14. The molecule has 2 aliphatic rings. The Kier molecular flexibility index (Phi) is 3.84. The van der Waals surface area contributed by atoms with Crippen molar-refractivity contribution in [2.45, 2.75) is 12.8 Å². The highest BCUT2D eigenvalue weighted by Gasteiger charge is 2.47. The molecule has 0 bridgehead atoms. The van der Waals surface area contributed by atoms with E-state index < -0.39 is 11.9 Å². The summed E-state index contributed by atoms with van der Waals surface area (Å²) in [5.74, 6) is -0.721. The molecule has 2 heterocycles. The van der Waals surface area contributed by atoms with E-state index in [0.29, 0.717) is 23.9 Å². The predicted octanol–water partition coefficient (Wildman–Crippen LogP) is 2.99. The second-order valence-electron chi connectivity index (χ2n) is 6.55. The van der Waals surface area contributed by atoms with Crippen molar-refractivity contribution in [2.75, 3.05) is 13.1 Å². The van der Waals surface area contributed by atoms with Crippen LogP contribution in [0, 0.1) is 17.8 Å². The van der Waals surface area contributed by atoms with Gasteiger partial charge in [-0.15, -0.1) is 11.3 Å². The molecule has 1 N–H and O–H groups in total. The van der Waals surface area contributed by atoms with E-state index in [2.05, 4.69) is 4.98 Å². The van der Waals surface area contributed by atoms with E-state index in [1.54, 1.807) is 11.1 Å². The van der Waals surface area contributed by atoms with Crippen LogP contribution in [0.3, 0.4) is 0 Å². The van der Waals surface area contributed by atoms with Gasteiger partial charge >= 0.3 is 5.97 Å². The summed E-state index contributed by atoms with van der Waals surface area (Å²) >= 11 is 1.37. The predicted molar refractivity (Wildman–Crippen MR) is 90.8 cm³/mol. The number of benzene rings is 1. The van der Waals surface area contributed by atoms with Gasteiger partial charge in [0.2, 0.25) is 0 Å². The van der Waals surface area contributed by atoms with Crippen LogP contribution in [0.1, 0.15) is 22.5 Å². The first-order valence-corrected chi connectivity index (χ1v) is 8.98. The molecule has 0 spiro atoms. The minimum atomic E-state index is -0.781. The van der Waals surface area contributed by atoms with Crippen LogP contribution in [0.5, 0.6) is 0 Å². The fraction of sp³-hybridized carbons (Fsp3) is 0.389. The summed E-state index contributed by atoms with van der Waals surface area (Å²) in [6.07, 6.45) is 3.79. The Hall–Kier alpha value is -2.21. The maximum absolute atomic E-state index is 12.8. The zero-order valence-corrected chi connectivity index (χ0v) is 13.9. The number of likely N-dealkylation sites (tertiary alicyclic amines) is 1. The summed E-state index contributed by atoms with van der Waals surface area (Å²) in [6.45, 7) is 0.868. The van der Waals surface area contributed by atoms with Crippen molar-refractivity contribution in [2.24, 2.45) is 17.8 Å². The van der Waals surface area contributed by atoms with Gasteiger partial charge in [-0.2, -0.15) is 0 Å². The molecule has 4 rings (SSSR count). The van der Waals surface area contributed by atoms with Crippen LogP contribution in [-0.2, 0) is 4.79 Å². The second-order valence-corrected chi connectivity index (χ2v) is 7.58. The minimum absolute atomic E-state index is 0.0934. The van der Waals surface area contributed by atoms with Crippen molar-refractivity contribution in [3.63, 3.8) is 0 Å². The molecule has 2 atom stereocenters. The van der Waals surface area contributed by atoms with Gasteiger partial charge in [-0.05, 0) is 24.7 Å².